The van der Waals surface area contributed by atoms with Gasteiger partial charge in [-0.15, -0.1) is 10.2 Å². The molecule has 0 radical (unpaired) electrons. The molecule has 27 heavy (non-hydrogen) atoms. The van der Waals surface area contributed by atoms with Gasteiger partial charge in [0.25, 0.3) is 5.91 Å². The Balaban J connectivity index is 1.55. The van der Waals surface area contributed by atoms with Crippen LogP contribution in [0.5, 0.6) is 5.75 Å². The van der Waals surface area contributed by atoms with Gasteiger partial charge in [0, 0.05) is 18.2 Å². The summed E-state index contributed by atoms with van der Waals surface area (Å²) in [6, 6.07) is 11.6. The number of benzene rings is 2. The van der Waals surface area contributed by atoms with Crippen LogP contribution in [-0.2, 0) is 0 Å². The van der Waals surface area contributed by atoms with Crippen molar-refractivity contribution in [3.63, 3.8) is 0 Å². The lowest BCUT2D eigenvalue weighted by Gasteiger charge is -2.27. The maximum atomic E-state index is 12.6. The Hall–Kier alpha value is -2.93. The van der Waals surface area contributed by atoms with E-state index >= 15 is 0 Å². The van der Waals surface area contributed by atoms with E-state index in [2.05, 4.69) is 20.4 Å². The summed E-state index contributed by atoms with van der Waals surface area (Å²) in [6.45, 7) is 5.55. The van der Waals surface area contributed by atoms with Gasteiger partial charge in [-0.1, -0.05) is 29.5 Å². The molecule has 138 valence electrons. The molecule has 1 aliphatic heterocycles. The predicted molar refractivity (Wildman–Crippen MR) is 108 cm³/mol. The van der Waals surface area contributed by atoms with Crippen LogP contribution >= 0.6 is 11.3 Å². The van der Waals surface area contributed by atoms with Gasteiger partial charge in [-0.3, -0.25) is 10.1 Å². The lowest BCUT2D eigenvalue weighted by Crippen LogP contribution is -2.29. The second-order valence-electron chi connectivity index (χ2n) is 6.59. The standard InChI is InChI=1S/C20H20N4O2S/c1-12-5-4-6-13(2)17(12)19-22-23-20(27-19)21-18(25)14-7-8-15-16(11-14)26-10-9-24(15)3/h4-8,11H,9-10H2,1-3H3,(H,21,23,25). The number of hydrogen-bond donors (Lipinski definition) is 1. The Morgan fingerprint density at radius 2 is 1.96 bits per heavy atom. The van der Waals surface area contributed by atoms with Crippen LogP contribution in [0.25, 0.3) is 10.6 Å². The summed E-state index contributed by atoms with van der Waals surface area (Å²) in [5, 5.41) is 12.5. The summed E-state index contributed by atoms with van der Waals surface area (Å²) in [5.41, 5.74) is 4.87. The minimum Gasteiger partial charge on any atom is -0.490 e. The Morgan fingerprint density at radius 3 is 2.74 bits per heavy atom. The highest BCUT2D eigenvalue weighted by Crippen LogP contribution is 2.33. The molecule has 2 heterocycles. The second kappa shape index (κ2) is 7.00. The number of aromatic nitrogens is 2. The number of amides is 1. The quantitative estimate of drug-likeness (QED) is 0.746. The number of nitrogens with zero attached hydrogens (tertiary/aromatic N) is 3. The fraction of sp³-hybridized carbons (Fsp3) is 0.250. The molecular weight excluding hydrogens is 360 g/mol. The average molecular weight is 380 g/mol. The van der Waals surface area contributed by atoms with Crippen molar-refractivity contribution in [2.24, 2.45) is 0 Å². The zero-order valence-corrected chi connectivity index (χ0v) is 16.3. The Kier molecular flexibility index (Phi) is 4.53. The van der Waals surface area contributed by atoms with E-state index < -0.39 is 0 Å². The molecule has 0 saturated carbocycles. The topological polar surface area (TPSA) is 67.3 Å². The minimum absolute atomic E-state index is 0.223. The Labute approximate surface area is 161 Å². The van der Waals surface area contributed by atoms with E-state index in [1.165, 1.54) is 11.3 Å². The number of carbonyl (C=O) groups is 1. The van der Waals surface area contributed by atoms with Crippen molar-refractivity contribution in [2.45, 2.75) is 13.8 Å². The highest BCUT2D eigenvalue weighted by molar-refractivity contribution is 7.18. The van der Waals surface area contributed by atoms with E-state index in [1.807, 2.05) is 45.2 Å². The molecule has 2 aromatic carbocycles. The van der Waals surface area contributed by atoms with Gasteiger partial charge in [-0.2, -0.15) is 0 Å². The van der Waals surface area contributed by atoms with Crippen molar-refractivity contribution in [3.8, 4) is 16.3 Å². The van der Waals surface area contributed by atoms with Crippen molar-refractivity contribution in [2.75, 3.05) is 30.4 Å². The molecule has 0 aliphatic carbocycles. The predicted octanol–water partition coefficient (Wildman–Crippen LogP) is 3.90. The van der Waals surface area contributed by atoms with E-state index in [-0.39, 0.29) is 5.91 Å². The molecule has 0 spiro atoms. The summed E-state index contributed by atoms with van der Waals surface area (Å²) >= 11 is 1.37. The molecule has 0 bridgehead atoms. The molecule has 1 N–H and O–H groups in total. The summed E-state index contributed by atoms with van der Waals surface area (Å²) in [5.74, 6) is 0.503. The van der Waals surface area contributed by atoms with Gasteiger partial charge in [0.1, 0.15) is 17.4 Å². The molecule has 0 saturated heterocycles. The highest BCUT2D eigenvalue weighted by Gasteiger charge is 2.18. The molecule has 0 atom stereocenters. The summed E-state index contributed by atoms with van der Waals surface area (Å²) in [4.78, 5) is 14.7. The zero-order chi connectivity index (χ0) is 19.0. The van der Waals surface area contributed by atoms with E-state index in [1.54, 1.807) is 12.1 Å². The fourth-order valence-electron chi connectivity index (χ4n) is 3.20. The second-order valence-corrected chi connectivity index (χ2v) is 7.56. The molecule has 4 rings (SSSR count). The van der Waals surface area contributed by atoms with Crippen LogP contribution in [0, 0.1) is 13.8 Å². The van der Waals surface area contributed by atoms with Crippen molar-refractivity contribution >= 4 is 28.1 Å². The number of carbonyl (C=O) groups excluding carboxylic acids is 1. The van der Waals surface area contributed by atoms with E-state index in [0.29, 0.717) is 17.3 Å². The number of nitrogens with one attached hydrogen (secondary N) is 1. The third-order valence-electron chi connectivity index (χ3n) is 4.66. The van der Waals surface area contributed by atoms with Gasteiger partial charge in [-0.25, -0.2) is 0 Å². The SMILES string of the molecule is Cc1cccc(C)c1-c1nnc(NC(=O)c2ccc3c(c2)OCCN3C)s1. The lowest BCUT2D eigenvalue weighted by atomic mass is 10.0. The maximum absolute atomic E-state index is 12.6. The highest BCUT2D eigenvalue weighted by atomic mass is 32.1. The number of ether oxygens (including phenoxy) is 1. The largest absolute Gasteiger partial charge is 0.490 e. The van der Waals surface area contributed by atoms with Crippen LogP contribution in [0.2, 0.25) is 0 Å². The van der Waals surface area contributed by atoms with Crippen LogP contribution in [0.15, 0.2) is 36.4 Å². The van der Waals surface area contributed by atoms with Crippen LogP contribution in [0.3, 0.4) is 0 Å². The number of rotatable bonds is 3. The van der Waals surface area contributed by atoms with Crippen molar-refractivity contribution in [3.05, 3.63) is 53.1 Å². The number of hydrogen-bond acceptors (Lipinski definition) is 6. The van der Waals surface area contributed by atoms with E-state index in [0.717, 1.165) is 39.7 Å². The van der Waals surface area contributed by atoms with Gasteiger partial charge in [0.15, 0.2) is 0 Å². The first kappa shape index (κ1) is 17.5. The van der Waals surface area contributed by atoms with E-state index in [4.69, 9.17) is 4.74 Å². The summed E-state index contributed by atoms with van der Waals surface area (Å²) < 4.78 is 5.68. The summed E-state index contributed by atoms with van der Waals surface area (Å²) in [6.07, 6.45) is 0. The van der Waals surface area contributed by atoms with Crippen LogP contribution < -0.4 is 15.0 Å². The molecule has 1 aromatic heterocycles. The number of fused-ring (bicyclic) bond motifs is 1. The van der Waals surface area contributed by atoms with Gasteiger partial charge < -0.3 is 9.64 Å². The molecular formula is C20H20N4O2S. The summed E-state index contributed by atoms with van der Waals surface area (Å²) in [7, 11) is 2.01. The van der Waals surface area contributed by atoms with E-state index in [9.17, 15) is 4.79 Å². The van der Waals surface area contributed by atoms with Gasteiger partial charge >= 0.3 is 0 Å². The molecule has 1 amide bonds. The van der Waals surface area contributed by atoms with Gasteiger partial charge in [-0.05, 0) is 43.2 Å². The number of anilines is 2. The third kappa shape index (κ3) is 3.38. The third-order valence-corrected chi connectivity index (χ3v) is 5.51. The smallest absolute Gasteiger partial charge is 0.257 e. The molecule has 0 fully saturated rings. The van der Waals surface area contributed by atoms with Crippen LogP contribution in [0.1, 0.15) is 21.5 Å². The molecule has 1 aliphatic rings. The number of aryl methyl sites for hydroxylation is 2. The van der Waals surface area contributed by atoms with Gasteiger partial charge in [0.2, 0.25) is 5.13 Å². The van der Waals surface area contributed by atoms with Gasteiger partial charge in [0.05, 0.1) is 12.2 Å². The Bertz CT molecular complexity index is 995. The van der Waals surface area contributed by atoms with Crippen LogP contribution in [-0.4, -0.2) is 36.3 Å². The average Bonchev–Trinajstić information content (AvgIpc) is 3.09. The first-order valence-electron chi connectivity index (χ1n) is 8.72. The molecule has 3 aromatic rings. The maximum Gasteiger partial charge on any atom is 0.257 e. The van der Waals surface area contributed by atoms with Crippen LogP contribution in [0.4, 0.5) is 10.8 Å². The lowest BCUT2D eigenvalue weighted by molar-refractivity contribution is 0.102. The van der Waals surface area contributed by atoms with Crippen molar-refractivity contribution < 1.29 is 9.53 Å². The van der Waals surface area contributed by atoms with Crippen molar-refractivity contribution in [1.29, 1.82) is 0 Å². The number of likely N-dealkylation sites (N-methyl/N-ethyl adjacent to an activating group) is 1. The molecule has 7 heteroatoms. The zero-order valence-electron chi connectivity index (χ0n) is 15.4. The normalized spacial score (nSPS) is 13.1. The Morgan fingerprint density at radius 1 is 1.19 bits per heavy atom. The minimum atomic E-state index is -0.223. The van der Waals surface area contributed by atoms with Crippen molar-refractivity contribution in [1.82, 2.24) is 10.2 Å². The molecule has 0 unspecified atom stereocenters. The first-order chi connectivity index (χ1) is 13.0. The first-order valence-corrected chi connectivity index (χ1v) is 9.54. The monoisotopic (exact) mass is 380 g/mol. The molecule has 6 nitrogen and oxygen atoms in total. The fourth-order valence-corrected chi connectivity index (χ4v) is 4.11.